The average molecular weight is 243 g/mol. The molecule has 0 radical (unpaired) electrons. The van der Waals surface area contributed by atoms with Crippen LogP contribution in [0.1, 0.15) is 26.2 Å². The molecule has 0 aliphatic carbocycles. The van der Waals surface area contributed by atoms with Gasteiger partial charge in [-0.3, -0.25) is 0 Å². The summed E-state index contributed by atoms with van der Waals surface area (Å²) in [6.45, 7) is 7.14. The van der Waals surface area contributed by atoms with Crippen LogP contribution >= 0.6 is 0 Å². The van der Waals surface area contributed by atoms with Crippen LogP contribution in [0.5, 0.6) is 0 Å². The van der Waals surface area contributed by atoms with Gasteiger partial charge in [0.05, 0.1) is 6.10 Å². The molecule has 1 aliphatic rings. The number of β-amino-alcohol motifs (C(OH)–C–C–N with tert-alkyl or cyclic N) is 1. The SMILES string of the molecule is CC(CCN(C)C)NCC(O)CN1CCCC1. The van der Waals surface area contributed by atoms with Crippen LogP contribution in [0.2, 0.25) is 0 Å². The second-order valence-electron chi connectivity index (χ2n) is 5.56. The van der Waals surface area contributed by atoms with Gasteiger partial charge in [-0.2, -0.15) is 0 Å². The lowest BCUT2D eigenvalue weighted by Gasteiger charge is -2.22. The van der Waals surface area contributed by atoms with E-state index in [0.717, 1.165) is 32.6 Å². The van der Waals surface area contributed by atoms with Gasteiger partial charge in [0.15, 0.2) is 0 Å². The van der Waals surface area contributed by atoms with Gasteiger partial charge in [-0.15, -0.1) is 0 Å². The molecule has 0 saturated carbocycles. The predicted molar refractivity (Wildman–Crippen MR) is 72.3 cm³/mol. The number of nitrogens with zero attached hydrogens (tertiary/aromatic N) is 2. The highest BCUT2D eigenvalue weighted by Crippen LogP contribution is 2.07. The molecule has 2 N–H and O–H groups in total. The number of rotatable bonds is 8. The van der Waals surface area contributed by atoms with Gasteiger partial charge in [0.25, 0.3) is 0 Å². The van der Waals surface area contributed by atoms with Crippen LogP contribution < -0.4 is 5.32 Å². The summed E-state index contributed by atoms with van der Waals surface area (Å²) in [6.07, 6.45) is 3.48. The summed E-state index contributed by atoms with van der Waals surface area (Å²) in [6, 6.07) is 0.477. The molecule has 4 nitrogen and oxygen atoms in total. The fourth-order valence-electron chi connectivity index (χ4n) is 2.22. The van der Waals surface area contributed by atoms with E-state index < -0.39 is 0 Å². The van der Waals surface area contributed by atoms with Gasteiger partial charge in [0, 0.05) is 19.1 Å². The van der Waals surface area contributed by atoms with Crippen molar-refractivity contribution in [3.05, 3.63) is 0 Å². The highest BCUT2D eigenvalue weighted by atomic mass is 16.3. The molecule has 2 atom stereocenters. The predicted octanol–water partition coefficient (Wildman–Crippen LogP) is 0.373. The highest BCUT2D eigenvalue weighted by molar-refractivity contribution is 4.73. The first-order valence-corrected chi connectivity index (χ1v) is 6.86. The Kier molecular flexibility index (Phi) is 7.04. The summed E-state index contributed by atoms with van der Waals surface area (Å²) in [5.74, 6) is 0. The van der Waals surface area contributed by atoms with Crippen molar-refractivity contribution in [3.8, 4) is 0 Å². The maximum absolute atomic E-state index is 9.92. The molecule has 1 heterocycles. The van der Waals surface area contributed by atoms with Crippen LogP contribution in [0.25, 0.3) is 0 Å². The Bertz CT molecular complexity index is 193. The van der Waals surface area contributed by atoms with Gasteiger partial charge in [0.1, 0.15) is 0 Å². The maximum atomic E-state index is 9.92. The Morgan fingerprint density at radius 3 is 2.53 bits per heavy atom. The fourth-order valence-corrected chi connectivity index (χ4v) is 2.22. The van der Waals surface area contributed by atoms with Crippen molar-refractivity contribution in [2.24, 2.45) is 0 Å². The maximum Gasteiger partial charge on any atom is 0.0791 e. The summed E-state index contributed by atoms with van der Waals surface area (Å²) >= 11 is 0. The van der Waals surface area contributed by atoms with Crippen LogP contribution in [0.15, 0.2) is 0 Å². The summed E-state index contributed by atoms with van der Waals surface area (Å²) in [5.41, 5.74) is 0. The largest absolute Gasteiger partial charge is 0.390 e. The van der Waals surface area contributed by atoms with E-state index in [1.54, 1.807) is 0 Å². The molecule has 1 aliphatic heterocycles. The molecule has 0 aromatic rings. The lowest BCUT2D eigenvalue weighted by molar-refractivity contribution is 0.120. The first-order chi connectivity index (χ1) is 8.08. The topological polar surface area (TPSA) is 38.7 Å². The average Bonchev–Trinajstić information content (AvgIpc) is 2.76. The molecule has 0 bridgehead atoms. The molecule has 0 amide bonds. The smallest absolute Gasteiger partial charge is 0.0791 e. The molecule has 4 heteroatoms. The van der Waals surface area contributed by atoms with Crippen LogP contribution in [-0.2, 0) is 0 Å². The zero-order valence-electron chi connectivity index (χ0n) is 11.7. The van der Waals surface area contributed by atoms with Crippen molar-refractivity contribution < 1.29 is 5.11 Å². The minimum Gasteiger partial charge on any atom is -0.390 e. The van der Waals surface area contributed by atoms with Crippen molar-refractivity contribution in [1.82, 2.24) is 15.1 Å². The standard InChI is InChI=1S/C13H29N3O/c1-12(6-9-15(2)3)14-10-13(17)11-16-7-4-5-8-16/h12-14,17H,4-11H2,1-3H3. The quantitative estimate of drug-likeness (QED) is 0.646. The van der Waals surface area contributed by atoms with Crippen molar-refractivity contribution in [1.29, 1.82) is 0 Å². The molecule has 0 aromatic heterocycles. The zero-order chi connectivity index (χ0) is 12.7. The number of nitrogens with one attached hydrogen (secondary N) is 1. The van der Waals surface area contributed by atoms with Gasteiger partial charge < -0.3 is 20.2 Å². The van der Waals surface area contributed by atoms with Gasteiger partial charge in [0.2, 0.25) is 0 Å². The van der Waals surface area contributed by atoms with E-state index in [9.17, 15) is 5.11 Å². The third-order valence-electron chi connectivity index (χ3n) is 3.38. The summed E-state index contributed by atoms with van der Waals surface area (Å²) in [5, 5.41) is 13.3. The van der Waals surface area contributed by atoms with Gasteiger partial charge in [-0.1, -0.05) is 0 Å². The first kappa shape index (κ1) is 14.9. The number of hydrogen-bond acceptors (Lipinski definition) is 4. The lowest BCUT2D eigenvalue weighted by atomic mass is 10.2. The molecule has 0 spiro atoms. The van der Waals surface area contributed by atoms with E-state index in [1.807, 2.05) is 0 Å². The van der Waals surface area contributed by atoms with E-state index in [4.69, 9.17) is 0 Å². The Hall–Kier alpha value is -0.160. The minimum absolute atomic E-state index is 0.227. The Labute approximate surface area is 106 Å². The van der Waals surface area contributed by atoms with Gasteiger partial charge in [-0.25, -0.2) is 0 Å². The Morgan fingerprint density at radius 2 is 1.94 bits per heavy atom. The highest BCUT2D eigenvalue weighted by Gasteiger charge is 2.15. The molecule has 1 fully saturated rings. The van der Waals surface area contributed by atoms with Gasteiger partial charge in [-0.05, 0) is 59.9 Å². The summed E-state index contributed by atoms with van der Waals surface area (Å²) in [7, 11) is 4.18. The van der Waals surface area contributed by atoms with E-state index in [0.29, 0.717) is 12.6 Å². The molecular weight excluding hydrogens is 214 g/mol. The monoisotopic (exact) mass is 243 g/mol. The molecule has 0 aromatic carbocycles. The number of aliphatic hydroxyl groups is 1. The molecule has 17 heavy (non-hydrogen) atoms. The first-order valence-electron chi connectivity index (χ1n) is 6.86. The van der Waals surface area contributed by atoms with Crippen molar-refractivity contribution in [2.45, 2.75) is 38.3 Å². The third-order valence-corrected chi connectivity index (χ3v) is 3.38. The van der Waals surface area contributed by atoms with Crippen LogP contribution in [0.3, 0.4) is 0 Å². The number of aliphatic hydroxyl groups excluding tert-OH is 1. The molecule has 1 saturated heterocycles. The number of hydrogen-bond donors (Lipinski definition) is 2. The van der Waals surface area contributed by atoms with Crippen LogP contribution in [0, 0.1) is 0 Å². The Morgan fingerprint density at radius 1 is 1.29 bits per heavy atom. The van der Waals surface area contributed by atoms with E-state index >= 15 is 0 Å². The third kappa shape index (κ3) is 6.99. The van der Waals surface area contributed by atoms with E-state index in [-0.39, 0.29) is 6.10 Å². The second-order valence-corrected chi connectivity index (χ2v) is 5.56. The number of likely N-dealkylation sites (tertiary alicyclic amines) is 1. The molecule has 2 unspecified atom stereocenters. The molecular formula is C13H29N3O. The van der Waals surface area contributed by atoms with Crippen LogP contribution in [0.4, 0.5) is 0 Å². The lowest BCUT2D eigenvalue weighted by Crippen LogP contribution is -2.40. The van der Waals surface area contributed by atoms with Gasteiger partial charge >= 0.3 is 0 Å². The van der Waals surface area contributed by atoms with Crippen molar-refractivity contribution in [2.75, 3.05) is 46.8 Å². The normalized spacial score (nSPS) is 21.0. The van der Waals surface area contributed by atoms with Crippen molar-refractivity contribution in [3.63, 3.8) is 0 Å². The summed E-state index contributed by atoms with van der Waals surface area (Å²) in [4.78, 5) is 4.55. The van der Waals surface area contributed by atoms with Crippen molar-refractivity contribution >= 4 is 0 Å². The second kappa shape index (κ2) is 8.03. The fraction of sp³-hybridized carbons (Fsp3) is 1.00. The van der Waals surface area contributed by atoms with Crippen LogP contribution in [-0.4, -0.2) is 73.9 Å². The van der Waals surface area contributed by atoms with E-state index in [2.05, 4.69) is 36.1 Å². The minimum atomic E-state index is -0.227. The summed E-state index contributed by atoms with van der Waals surface area (Å²) < 4.78 is 0. The van der Waals surface area contributed by atoms with E-state index in [1.165, 1.54) is 12.8 Å². The molecule has 1 rings (SSSR count). The zero-order valence-corrected chi connectivity index (χ0v) is 11.7. The Balaban J connectivity index is 2.03. The molecule has 102 valence electrons.